The highest BCUT2D eigenvalue weighted by molar-refractivity contribution is 6.04. The quantitative estimate of drug-likeness (QED) is 0.613. The number of amides is 1. The van der Waals surface area contributed by atoms with Crippen molar-refractivity contribution in [1.82, 2.24) is 14.6 Å². The van der Waals surface area contributed by atoms with Crippen molar-refractivity contribution in [2.45, 2.75) is 0 Å². The Balaban J connectivity index is 1.62. The molecule has 2 aromatic carbocycles. The van der Waals surface area contributed by atoms with Gasteiger partial charge in [-0.3, -0.25) is 9.20 Å². The van der Waals surface area contributed by atoms with Crippen LogP contribution in [0.5, 0.6) is 5.75 Å². The Bertz CT molecular complexity index is 1090. The molecule has 0 aliphatic carbocycles. The van der Waals surface area contributed by atoms with Crippen LogP contribution >= 0.6 is 0 Å². The van der Waals surface area contributed by atoms with Gasteiger partial charge in [0.25, 0.3) is 5.91 Å². The summed E-state index contributed by atoms with van der Waals surface area (Å²) in [6, 6.07) is 20.3. The SMILES string of the molecule is COc1cccc(C(=O)Nc2cccc(-c3nnc4ccccn34)c2)c1. The normalized spacial score (nSPS) is 10.7. The van der Waals surface area contributed by atoms with E-state index < -0.39 is 0 Å². The largest absolute Gasteiger partial charge is 0.497 e. The molecule has 4 rings (SSSR count). The lowest BCUT2D eigenvalue weighted by Gasteiger charge is -2.08. The second-order valence-corrected chi connectivity index (χ2v) is 5.72. The van der Waals surface area contributed by atoms with Gasteiger partial charge in [-0.05, 0) is 42.5 Å². The maximum Gasteiger partial charge on any atom is 0.255 e. The molecule has 0 unspecified atom stereocenters. The summed E-state index contributed by atoms with van der Waals surface area (Å²) in [5, 5.41) is 11.3. The summed E-state index contributed by atoms with van der Waals surface area (Å²) in [6.07, 6.45) is 1.91. The van der Waals surface area contributed by atoms with E-state index in [1.54, 1.807) is 31.4 Å². The number of aromatic nitrogens is 3. The van der Waals surface area contributed by atoms with E-state index >= 15 is 0 Å². The second-order valence-electron chi connectivity index (χ2n) is 5.72. The first-order valence-electron chi connectivity index (χ1n) is 8.10. The van der Waals surface area contributed by atoms with E-state index in [0.717, 1.165) is 17.0 Å². The molecule has 0 fully saturated rings. The molecule has 0 saturated heterocycles. The Hall–Kier alpha value is -3.67. The number of nitrogens with one attached hydrogen (secondary N) is 1. The second kappa shape index (κ2) is 6.68. The van der Waals surface area contributed by atoms with Crippen LogP contribution in [-0.2, 0) is 0 Å². The lowest BCUT2D eigenvalue weighted by Crippen LogP contribution is -2.11. The zero-order chi connectivity index (χ0) is 17.9. The molecule has 0 saturated carbocycles. The first-order valence-corrected chi connectivity index (χ1v) is 8.10. The summed E-state index contributed by atoms with van der Waals surface area (Å²) in [5.74, 6) is 1.16. The van der Waals surface area contributed by atoms with Gasteiger partial charge in [0.1, 0.15) is 5.75 Å². The number of benzene rings is 2. The predicted octanol–water partition coefficient (Wildman–Crippen LogP) is 3.66. The summed E-state index contributed by atoms with van der Waals surface area (Å²) in [4.78, 5) is 12.5. The number of fused-ring (bicyclic) bond motifs is 1. The number of nitrogens with zero attached hydrogens (tertiary/aromatic N) is 3. The molecule has 0 aliphatic heterocycles. The van der Waals surface area contributed by atoms with Crippen molar-refractivity contribution in [2.75, 3.05) is 12.4 Å². The monoisotopic (exact) mass is 344 g/mol. The molecule has 0 spiro atoms. The van der Waals surface area contributed by atoms with E-state index in [9.17, 15) is 4.79 Å². The summed E-state index contributed by atoms with van der Waals surface area (Å²) in [7, 11) is 1.57. The smallest absolute Gasteiger partial charge is 0.255 e. The minimum absolute atomic E-state index is 0.202. The van der Waals surface area contributed by atoms with Gasteiger partial charge in [0.15, 0.2) is 11.5 Å². The summed E-state index contributed by atoms with van der Waals surface area (Å²) < 4.78 is 7.07. The Labute approximate surface area is 150 Å². The van der Waals surface area contributed by atoms with Crippen LogP contribution in [0, 0.1) is 0 Å². The van der Waals surface area contributed by atoms with Crippen LogP contribution in [-0.4, -0.2) is 27.6 Å². The molecule has 4 aromatic rings. The lowest BCUT2D eigenvalue weighted by molar-refractivity contribution is 0.102. The average molecular weight is 344 g/mol. The Kier molecular flexibility index (Phi) is 4.07. The number of rotatable bonds is 4. The van der Waals surface area contributed by atoms with Crippen LogP contribution in [0.25, 0.3) is 17.0 Å². The van der Waals surface area contributed by atoms with Gasteiger partial charge in [0, 0.05) is 23.0 Å². The van der Waals surface area contributed by atoms with Crippen LogP contribution in [0.4, 0.5) is 5.69 Å². The fraction of sp³-hybridized carbons (Fsp3) is 0.0500. The maximum atomic E-state index is 12.5. The summed E-state index contributed by atoms with van der Waals surface area (Å²) >= 11 is 0. The number of anilines is 1. The lowest BCUT2D eigenvalue weighted by atomic mass is 10.1. The number of ether oxygens (including phenoxy) is 1. The molecule has 2 aromatic heterocycles. The highest BCUT2D eigenvalue weighted by atomic mass is 16.5. The van der Waals surface area contributed by atoms with Gasteiger partial charge in [-0.15, -0.1) is 10.2 Å². The molecule has 2 heterocycles. The third-order valence-electron chi connectivity index (χ3n) is 4.02. The van der Waals surface area contributed by atoms with Crippen LogP contribution in [0.2, 0.25) is 0 Å². The minimum atomic E-state index is -0.202. The van der Waals surface area contributed by atoms with Crippen LogP contribution in [0.15, 0.2) is 72.9 Å². The molecular formula is C20H16N4O2. The Morgan fingerprint density at radius 1 is 1.00 bits per heavy atom. The predicted molar refractivity (Wildman–Crippen MR) is 99.4 cm³/mol. The standard InChI is InChI=1S/C20H16N4O2/c1-26-17-9-5-7-15(13-17)20(25)21-16-8-4-6-14(12-16)19-23-22-18-10-2-3-11-24(18)19/h2-13H,1H3,(H,21,25). The topological polar surface area (TPSA) is 68.5 Å². The Morgan fingerprint density at radius 3 is 2.77 bits per heavy atom. The van der Waals surface area contributed by atoms with Crippen LogP contribution < -0.4 is 10.1 Å². The van der Waals surface area contributed by atoms with Gasteiger partial charge in [-0.1, -0.05) is 24.3 Å². The number of hydrogen-bond acceptors (Lipinski definition) is 4. The number of carbonyl (C=O) groups is 1. The van der Waals surface area contributed by atoms with Gasteiger partial charge in [0.05, 0.1) is 7.11 Å². The van der Waals surface area contributed by atoms with Crippen molar-refractivity contribution >= 4 is 17.2 Å². The van der Waals surface area contributed by atoms with Crippen molar-refractivity contribution in [2.24, 2.45) is 0 Å². The van der Waals surface area contributed by atoms with Gasteiger partial charge in [0.2, 0.25) is 0 Å². The number of hydrogen-bond donors (Lipinski definition) is 1. The summed E-state index contributed by atoms with van der Waals surface area (Å²) in [6.45, 7) is 0. The van der Waals surface area contributed by atoms with E-state index in [-0.39, 0.29) is 5.91 Å². The highest BCUT2D eigenvalue weighted by Crippen LogP contribution is 2.22. The molecule has 0 atom stereocenters. The molecule has 26 heavy (non-hydrogen) atoms. The molecule has 0 bridgehead atoms. The molecule has 128 valence electrons. The van der Waals surface area contributed by atoms with Crippen molar-refractivity contribution in [3.63, 3.8) is 0 Å². The fourth-order valence-electron chi connectivity index (χ4n) is 2.74. The molecule has 1 amide bonds. The van der Waals surface area contributed by atoms with E-state index in [1.165, 1.54) is 0 Å². The van der Waals surface area contributed by atoms with Gasteiger partial charge in [-0.25, -0.2) is 0 Å². The minimum Gasteiger partial charge on any atom is -0.497 e. The first-order chi connectivity index (χ1) is 12.7. The zero-order valence-corrected chi connectivity index (χ0v) is 14.1. The Morgan fingerprint density at radius 2 is 1.88 bits per heavy atom. The van der Waals surface area contributed by atoms with E-state index in [2.05, 4.69) is 15.5 Å². The highest BCUT2D eigenvalue weighted by Gasteiger charge is 2.10. The van der Waals surface area contributed by atoms with Gasteiger partial charge in [-0.2, -0.15) is 0 Å². The van der Waals surface area contributed by atoms with E-state index in [4.69, 9.17) is 4.74 Å². The van der Waals surface area contributed by atoms with Crippen molar-refractivity contribution in [1.29, 1.82) is 0 Å². The fourth-order valence-corrected chi connectivity index (χ4v) is 2.74. The average Bonchev–Trinajstić information content (AvgIpc) is 3.12. The molecule has 6 nitrogen and oxygen atoms in total. The third-order valence-corrected chi connectivity index (χ3v) is 4.02. The van der Waals surface area contributed by atoms with Crippen LogP contribution in [0.1, 0.15) is 10.4 Å². The molecule has 6 heteroatoms. The number of methoxy groups -OCH3 is 1. The first kappa shape index (κ1) is 15.8. The molecule has 1 N–H and O–H groups in total. The van der Waals surface area contributed by atoms with E-state index in [1.807, 2.05) is 53.1 Å². The molecule has 0 aliphatic rings. The maximum absolute atomic E-state index is 12.5. The number of carbonyl (C=O) groups excluding carboxylic acids is 1. The van der Waals surface area contributed by atoms with E-state index in [0.29, 0.717) is 17.0 Å². The van der Waals surface area contributed by atoms with Crippen molar-refractivity contribution in [3.05, 3.63) is 78.5 Å². The number of pyridine rings is 1. The van der Waals surface area contributed by atoms with Crippen molar-refractivity contribution in [3.8, 4) is 17.1 Å². The van der Waals surface area contributed by atoms with Crippen LogP contribution in [0.3, 0.4) is 0 Å². The summed E-state index contributed by atoms with van der Waals surface area (Å²) in [5.41, 5.74) is 2.85. The van der Waals surface area contributed by atoms with Gasteiger partial charge < -0.3 is 10.1 Å². The zero-order valence-electron chi connectivity index (χ0n) is 14.1. The molecule has 0 radical (unpaired) electrons. The van der Waals surface area contributed by atoms with Crippen molar-refractivity contribution < 1.29 is 9.53 Å². The van der Waals surface area contributed by atoms with Gasteiger partial charge >= 0.3 is 0 Å². The molecular weight excluding hydrogens is 328 g/mol. The third kappa shape index (κ3) is 3.00.